The zero-order valence-corrected chi connectivity index (χ0v) is 22.6. The first-order chi connectivity index (χ1) is 18.7. The highest BCUT2D eigenvalue weighted by atomic mass is 32.2. The number of sulfonamides is 1. The summed E-state index contributed by atoms with van der Waals surface area (Å²) in [6.07, 6.45) is 0. The Morgan fingerprint density at radius 2 is 1.67 bits per heavy atom. The maximum Gasteiger partial charge on any atom is 0.268 e. The normalized spacial score (nSPS) is 11.6. The van der Waals surface area contributed by atoms with Crippen LogP contribution in [0.3, 0.4) is 0 Å². The standard InChI is InChI=1S/C30H28FN3O4S/c1-4-33-26-8-6-5-7-24(26)25-18-22(12-15-27(25)33)32-30(35)19-34(23-13-10-21(31)11-14-23)39(36,37)29-17-20(2)9-16-28(29)38-3/h5-18H,4,19H2,1-3H3,(H,32,35). The van der Waals surface area contributed by atoms with Crippen LogP contribution in [0.1, 0.15) is 12.5 Å². The molecule has 5 aromatic rings. The number of benzene rings is 4. The van der Waals surface area contributed by atoms with Gasteiger partial charge in [0, 0.05) is 34.0 Å². The fourth-order valence-corrected chi connectivity index (χ4v) is 6.49. The molecule has 0 radical (unpaired) electrons. The van der Waals surface area contributed by atoms with Gasteiger partial charge >= 0.3 is 0 Å². The number of carbonyl (C=O) groups is 1. The van der Waals surface area contributed by atoms with Gasteiger partial charge in [0.05, 0.1) is 12.8 Å². The van der Waals surface area contributed by atoms with Gasteiger partial charge in [0.15, 0.2) is 0 Å². The predicted octanol–water partition coefficient (Wildman–Crippen LogP) is 6.10. The molecule has 1 heterocycles. The molecule has 0 unspecified atom stereocenters. The van der Waals surface area contributed by atoms with E-state index in [1.807, 2.05) is 30.3 Å². The van der Waals surface area contributed by atoms with Crippen LogP contribution in [-0.2, 0) is 21.4 Å². The Labute approximate surface area is 226 Å². The number of ether oxygens (including phenoxy) is 1. The lowest BCUT2D eigenvalue weighted by Crippen LogP contribution is -2.38. The van der Waals surface area contributed by atoms with Crippen LogP contribution in [0.5, 0.6) is 5.75 Å². The van der Waals surface area contributed by atoms with Gasteiger partial charge in [-0.25, -0.2) is 12.8 Å². The monoisotopic (exact) mass is 545 g/mol. The number of aromatic nitrogens is 1. The summed E-state index contributed by atoms with van der Waals surface area (Å²) in [6, 6.07) is 23.4. The van der Waals surface area contributed by atoms with Crippen molar-refractivity contribution in [3.05, 3.63) is 96.3 Å². The molecule has 4 aromatic carbocycles. The number of halogens is 1. The molecule has 0 atom stereocenters. The Morgan fingerprint density at radius 1 is 0.949 bits per heavy atom. The summed E-state index contributed by atoms with van der Waals surface area (Å²) in [5.41, 5.74) is 3.53. The lowest BCUT2D eigenvalue weighted by atomic mass is 10.1. The molecular weight excluding hydrogens is 517 g/mol. The van der Waals surface area contributed by atoms with Crippen molar-refractivity contribution in [2.24, 2.45) is 0 Å². The maximum atomic E-state index is 13.9. The van der Waals surface area contributed by atoms with Crippen molar-refractivity contribution in [2.45, 2.75) is 25.3 Å². The number of para-hydroxylation sites is 1. The van der Waals surface area contributed by atoms with Crippen molar-refractivity contribution in [3.8, 4) is 5.75 Å². The fourth-order valence-electron chi connectivity index (χ4n) is 4.83. The Kier molecular flexibility index (Phi) is 7.01. The second-order valence-electron chi connectivity index (χ2n) is 9.18. The van der Waals surface area contributed by atoms with Crippen molar-refractivity contribution in [1.82, 2.24) is 4.57 Å². The SMILES string of the molecule is CCn1c2ccccc2c2cc(NC(=O)CN(c3ccc(F)cc3)S(=O)(=O)c3cc(C)ccc3OC)ccc21. The maximum absolute atomic E-state index is 13.9. The van der Waals surface area contributed by atoms with Gasteiger partial charge in [0.1, 0.15) is 23.0 Å². The lowest BCUT2D eigenvalue weighted by Gasteiger charge is -2.25. The van der Waals surface area contributed by atoms with Gasteiger partial charge in [0.25, 0.3) is 10.0 Å². The number of nitrogens with zero attached hydrogens (tertiary/aromatic N) is 2. The highest BCUT2D eigenvalue weighted by Gasteiger charge is 2.30. The zero-order chi connectivity index (χ0) is 27.7. The number of carbonyl (C=O) groups excluding carboxylic acids is 1. The van der Waals surface area contributed by atoms with Crippen LogP contribution in [0.2, 0.25) is 0 Å². The third-order valence-corrected chi connectivity index (χ3v) is 8.46. The number of hydrogen-bond acceptors (Lipinski definition) is 4. The molecule has 0 aliphatic carbocycles. The Morgan fingerprint density at radius 3 is 2.38 bits per heavy atom. The molecule has 0 aliphatic heterocycles. The van der Waals surface area contributed by atoms with E-state index < -0.39 is 28.3 Å². The van der Waals surface area contributed by atoms with Gasteiger partial charge < -0.3 is 14.6 Å². The minimum absolute atomic E-state index is 0.0871. The number of rotatable bonds is 8. The molecule has 200 valence electrons. The van der Waals surface area contributed by atoms with Crippen LogP contribution in [0, 0.1) is 12.7 Å². The average Bonchev–Trinajstić information content (AvgIpc) is 3.25. The highest BCUT2D eigenvalue weighted by molar-refractivity contribution is 7.93. The molecule has 1 N–H and O–H groups in total. The molecule has 0 aliphatic rings. The summed E-state index contributed by atoms with van der Waals surface area (Å²) >= 11 is 0. The highest BCUT2D eigenvalue weighted by Crippen LogP contribution is 2.33. The van der Waals surface area contributed by atoms with Crippen LogP contribution in [0.4, 0.5) is 15.8 Å². The summed E-state index contributed by atoms with van der Waals surface area (Å²) in [6.45, 7) is 4.11. The Bertz CT molecular complexity index is 1800. The molecule has 1 aromatic heterocycles. The largest absolute Gasteiger partial charge is 0.495 e. The molecule has 1 amide bonds. The molecule has 0 saturated heterocycles. The number of fused-ring (bicyclic) bond motifs is 3. The second-order valence-corrected chi connectivity index (χ2v) is 11.0. The molecular formula is C30H28FN3O4S. The molecule has 39 heavy (non-hydrogen) atoms. The van der Waals surface area contributed by atoms with E-state index in [-0.39, 0.29) is 16.3 Å². The first kappa shape index (κ1) is 26.2. The number of anilines is 2. The number of aryl methyl sites for hydroxylation is 2. The van der Waals surface area contributed by atoms with Crippen LogP contribution < -0.4 is 14.4 Å². The van der Waals surface area contributed by atoms with E-state index in [0.29, 0.717) is 11.3 Å². The molecule has 5 rings (SSSR count). The molecule has 0 bridgehead atoms. The smallest absolute Gasteiger partial charge is 0.268 e. The summed E-state index contributed by atoms with van der Waals surface area (Å²) in [7, 11) is -2.88. The number of nitrogens with one attached hydrogen (secondary N) is 1. The van der Waals surface area contributed by atoms with Gasteiger partial charge in [0.2, 0.25) is 5.91 Å². The first-order valence-corrected chi connectivity index (χ1v) is 13.9. The van der Waals surface area contributed by atoms with Gasteiger partial charge in [-0.3, -0.25) is 9.10 Å². The predicted molar refractivity (Wildman–Crippen MR) is 152 cm³/mol. The van der Waals surface area contributed by atoms with Crippen molar-refractivity contribution in [3.63, 3.8) is 0 Å². The zero-order valence-electron chi connectivity index (χ0n) is 21.8. The topological polar surface area (TPSA) is 80.6 Å². The minimum atomic E-state index is -4.26. The minimum Gasteiger partial charge on any atom is -0.495 e. The summed E-state index contributed by atoms with van der Waals surface area (Å²) in [4.78, 5) is 13.2. The Hall–Kier alpha value is -4.37. The Balaban J connectivity index is 1.51. The van der Waals surface area contributed by atoms with Crippen LogP contribution in [0.15, 0.2) is 89.8 Å². The van der Waals surface area contributed by atoms with Gasteiger partial charge in [-0.2, -0.15) is 0 Å². The van der Waals surface area contributed by atoms with E-state index in [1.54, 1.807) is 25.1 Å². The number of hydrogen-bond donors (Lipinski definition) is 1. The average molecular weight is 546 g/mol. The first-order valence-electron chi connectivity index (χ1n) is 12.5. The third kappa shape index (κ3) is 4.93. The molecule has 9 heteroatoms. The summed E-state index contributed by atoms with van der Waals surface area (Å²) < 4.78 is 49.9. The number of methoxy groups -OCH3 is 1. The van der Waals surface area contributed by atoms with Crippen molar-refractivity contribution in [2.75, 3.05) is 23.3 Å². The van der Waals surface area contributed by atoms with E-state index in [0.717, 1.165) is 44.8 Å². The van der Waals surface area contributed by atoms with E-state index >= 15 is 0 Å². The number of amides is 1. The van der Waals surface area contributed by atoms with Crippen LogP contribution in [0.25, 0.3) is 21.8 Å². The van der Waals surface area contributed by atoms with Crippen LogP contribution in [-0.4, -0.2) is 32.5 Å². The molecule has 0 saturated carbocycles. The van der Waals surface area contributed by atoms with Gasteiger partial charge in [-0.1, -0.05) is 24.3 Å². The van der Waals surface area contributed by atoms with E-state index in [1.165, 1.54) is 25.3 Å². The third-order valence-electron chi connectivity index (χ3n) is 6.66. The molecule has 0 spiro atoms. The lowest BCUT2D eigenvalue weighted by molar-refractivity contribution is -0.114. The van der Waals surface area contributed by atoms with Crippen molar-refractivity contribution < 1.29 is 22.3 Å². The van der Waals surface area contributed by atoms with E-state index in [2.05, 4.69) is 22.9 Å². The van der Waals surface area contributed by atoms with Gasteiger partial charge in [-0.15, -0.1) is 0 Å². The molecule has 0 fully saturated rings. The van der Waals surface area contributed by atoms with E-state index in [9.17, 15) is 17.6 Å². The van der Waals surface area contributed by atoms with E-state index in [4.69, 9.17) is 4.74 Å². The summed E-state index contributed by atoms with van der Waals surface area (Å²) in [5, 5.41) is 4.89. The van der Waals surface area contributed by atoms with Gasteiger partial charge in [-0.05, 0) is 80.1 Å². The second kappa shape index (κ2) is 10.4. The quantitative estimate of drug-likeness (QED) is 0.255. The fraction of sp³-hybridized carbons (Fsp3) is 0.167. The molecule has 7 nitrogen and oxygen atoms in total. The van der Waals surface area contributed by atoms with Crippen LogP contribution >= 0.6 is 0 Å². The van der Waals surface area contributed by atoms with Crippen molar-refractivity contribution >= 4 is 49.1 Å². The summed E-state index contributed by atoms with van der Waals surface area (Å²) in [5.74, 6) is -0.924. The van der Waals surface area contributed by atoms with Crippen molar-refractivity contribution in [1.29, 1.82) is 0 Å².